The summed E-state index contributed by atoms with van der Waals surface area (Å²) in [6.45, 7) is 5.19. The predicted octanol–water partition coefficient (Wildman–Crippen LogP) is 3.34. The van der Waals surface area contributed by atoms with Crippen LogP contribution in [0.4, 0.5) is 11.4 Å². The smallest absolute Gasteiger partial charge is 0.0727 e. The van der Waals surface area contributed by atoms with Gasteiger partial charge in [-0.25, -0.2) is 0 Å². The number of benzene rings is 1. The highest BCUT2D eigenvalue weighted by Crippen LogP contribution is 2.25. The standard InChI is InChI=1S/C14H19N3/c1-3-4-7-16-14-8-10(2)17-13-6-5-11(15)9-12(13)14/h5-6,8-9H,3-4,7,15H2,1-2H3,(H,16,17). The number of unbranched alkanes of at least 4 members (excludes halogenated alkanes) is 1. The number of fused-ring (bicyclic) bond motifs is 1. The van der Waals surface area contributed by atoms with Gasteiger partial charge in [-0.1, -0.05) is 13.3 Å². The zero-order chi connectivity index (χ0) is 12.3. The van der Waals surface area contributed by atoms with Crippen LogP contribution in [0.5, 0.6) is 0 Å². The van der Waals surface area contributed by atoms with Gasteiger partial charge >= 0.3 is 0 Å². The lowest BCUT2D eigenvalue weighted by molar-refractivity contribution is 0.835. The van der Waals surface area contributed by atoms with Crippen molar-refractivity contribution >= 4 is 22.3 Å². The molecule has 3 N–H and O–H groups in total. The molecule has 2 rings (SSSR count). The van der Waals surface area contributed by atoms with Crippen molar-refractivity contribution in [2.45, 2.75) is 26.7 Å². The second-order valence-electron chi connectivity index (χ2n) is 4.37. The molecular weight excluding hydrogens is 210 g/mol. The molecule has 3 heteroatoms. The van der Waals surface area contributed by atoms with Crippen molar-refractivity contribution in [1.29, 1.82) is 0 Å². The van der Waals surface area contributed by atoms with Crippen molar-refractivity contribution < 1.29 is 0 Å². The molecule has 1 heterocycles. The van der Waals surface area contributed by atoms with Crippen LogP contribution in [0.1, 0.15) is 25.5 Å². The molecule has 0 aliphatic heterocycles. The number of rotatable bonds is 4. The van der Waals surface area contributed by atoms with Gasteiger partial charge in [-0.2, -0.15) is 0 Å². The minimum atomic E-state index is 0.779. The van der Waals surface area contributed by atoms with E-state index in [0.29, 0.717) is 0 Å². The van der Waals surface area contributed by atoms with E-state index in [4.69, 9.17) is 5.73 Å². The third kappa shape index (κ3) is 2.67. The fourth-order valence-corrected chi connectivity index (χ4v) is 1.92. The number of pyridine rings is 1. The van der Waals surface area contributed by atoms with Gasteiger partial charge in [0.2, 0.25) is 0 Å². The lowest BCUT2D eigenvalue weighted by Crippen LogP contribution is -2.02. The van der Waals surface area contributed by atoms with Crippen LogP contribution in [-0.2, 0) is 0 Å². The monoisotopic (exact) mass is 229 g/mol. The summed E-state index contributed by atoms with van der Waals surface area (Å²) >= 11 is 0. The van der Waals surface area contributed by atoms with Gasteiger partial charge in [0.05, 0.1) is 5.52 Å². The average molecular weight is 229 g/mol. The molecule has 0 bridgehead atoms. The maximum Gasteiger partial charge on any atom is 0.0727 e. The number of nitrogens with two attached hydrogens (primary N) is 1. The lowest BCUT2D eigenvalue weighted by Gasteiger charge is -2.10. The van der Waals surface area contributed by atoms with Crippen LogP contribution in [0, 0.1) is 6.92 Å². The molecule has 0 saturated heterocycles. The molecule has 90 valence electrons. The molecule has 0 radical (unpaired) electrons. The lowest BCUT2D eigenvalue weighted by atomic mass is 10.1. The summed E-state index contributed by atoms with van der Waals surface area (Å²) in [7, 11) is 0. The largest absolute Gasteiger partial charge is 0.399 e. The molecule has 17 heavy (non-hydrogen) atoms. The molecule has 0 atom stereocenters. The summed E-state index contributed by atoms with van der Waals surface area (Å²) in [5.41, 5.74) is 9.77. The van der Waals surface area contributed by atoms with E-state index in [1.807, 2.05) is 25.1 Å². The summed E-state index contributed by atoms with van der Waals surface area (Å²) in [6, 6.07) is 7.93. The Morgan fingerprint density at radius 3 is 2.88 bits per heavy atom. The van der Waals surface area contributed by atoms with Crippen LogP contribution in [0.15, 0.2) is 24.3 Å². The Morgan fingerprint density at radius 1 is 1.29 bits per heavy atom. The van der Waals surface area contributed by atoms with E-state index in [0.717, 1.165) is 34.5 Å². The Hall–Kier alpha value is -1.77. The fraction of sp³-hybridized carbons (Fsp3) is 0.357. The van der Waals surface area contributed by atoms with Crippen LogP contribution in [0.3, 0.4) is 0 Å². The van der Waals surface area contributed by atoms with Crippen molar-refractivity contribution in [2.75, 3.05) is 17.6 Å². The van der Waals surface area contributed by atoms with Gasteiger partial charge in [-0.05, 0) is 37.6 Å². The van der Waals surface area contributed by atoms with Gasteiger partial charge in [0, 0.05) is 29.0 Å². The van der Waals surface area contributed by atoms with Gasteiger partial charge in [-0.3, -0.25) is 4.98 Å². The summed E-state index contributed by atoms with van der Waals surface area (Å²) in [5.74, 6) is 0. The first-order valence-corrected chi connectivity index (χ1v) is 6.11. The highest BCUT2D eigenvalue weighted by atomic mass is 14.9. The Morgan fingerprint density at radius 2 is 2.12 bits per heavy atom. The second kappa shape index (κ2) is 5.04. The Kier molecular flexibility index (Phi) is 3.47. The topological polar surface area (TPSA) is 50.9 Å². The number of aromatic nitrogens is 1. The Balaban J connectivity index is 2.40. The van der Waals surface area contributed by atoms with Crippen LogP contribution < -0.4 is 11.1 Å². The molecule has 0 aliphatic carbocycles. The minimum absolute atomic E-state index is 0.779. The van der Waals surface area contributed by atoms with Crippen LogP contribution >= 0.6 is 0 Å². The number of anilines is 2. The van der Waals surface area contributed by atoms with E-state index in [2.05, 4.69) is 23.3 Å². The van der Waals surface area contributed by atoms with E-state index < -0.39 is 0 Å². The predicted molar refractivity (Wildman–Crippen MR) is 74.3 cm³/mol. The minimum Gasteiger partial charge on any atom is -0.399 e. The van der Waals surface area contributed by atoms with Gasteiger partial charge in [0.25, 0.3) is 0 Å². The number of nitrogens with zero attached hydrogens (tertiary/aromatic N) is 1. The first kappa shape index (κ1) is 11.7. The third-order valence-electron chi connectivity index (χ3n) is 2.81. The van der Waals surface area contributed by atoms with Crippen molar-refractivity contribution in [3.63, 3.8) is 0 Å². The van der Waals surface area contributed by atoms with Gasteiger partial charge < -0.3 is 11.1 Å². The quantitative estimate of drug-likeness (QED) is 0.624. The first-order valence-electron chi connectivity index (χ1n) is 6.11. The van der Waals surface area contributed by atoms with Crippen molar-refractivity contribution in [3.05, 3.63) is 30.0 Å². The SMILES string of the molecule is CCCCNc1cc(C)nc2ccc(N)cc12. The molecule has 0 saturated carbocycles. The zero-order valence-electron chi connectivity index (χ0n) is 10.5. The highest BCUT2D eigenvalue weighted by molar-refractivity contribution is 5.93. The maximum absolute atomic E-state index is 5.83. The van der Waals surface area contributed by atoms with E-state index in [9.17, 15) is 0 Å². The number of hydrogen-bond acceptors (Lipinski definition) is 3. The van der Waals surface area contributed by atoms with Gasteiger partial charge in [-0.15, -0.1) is 0 Å². The summed E-state index contributed by atoms with van der Waals surface area (Å²) in [6.07, 6.45) is 2.36. The normalized spacial score (nSPS) is 10.7. The summed E-state index contributed by atoms with van der Waals surface area (Å²) < 4.78 is 0. The first-order chi connectivity index (χ1) is 8.20. The van der Waals surface area contributed by atoms with Gasteiger partial charge in [0.15, 0.2) is 0 Å². The molecule has 2 aromatic rings. The molecule has 0 fully saturated rings. The Bertz CT molecular complexity index is 520. The highest BCUT2D eigenvalue weighted by Gasteiger charge is 2.03. The number of nitrogen functional groups attached to an aromatic ring is 1. The number of aryl methyl sites for hydroxylation is 1. The summed E-state index contributed by atoms with van der Waals surface area (Å²) in [4.78, 5) is 4.51. The molecule has 1 aromatic carbocycles. The molecule has 0 amide bonds. The van der Waals surface area contributed by atoms with Gasteiger partial charge in [0.1, 0.15) is 0 Å². The van der Waals surface area contributed by atoms with Crippen LogP contribution in [0.25, 0.3) is 10.9 Å². The Labute approximate surface area is 102 Å². The van der Waals surface area contributed by atoms with Crippen LogP contribution in [-0.4, -0.2) is 11.5 Å². The third-order valence-corrected chi connectivity index (χ3v) is 2.81. The second-order valence-corrected chi connectivity index (χ2v) is 4.37. The summed E-state index contributed by atoms with van der Waals surface area (Å²) in [5, 5.41) is 4.56. The maximum atomic E-state index is 5.83. The molecule has 0 aliphatic rings. The molecule has 3 nitrogen and oxygen atoms in total. The van der Waals surface area contributed by atoms with Crippen LogP contribution in [0.2, 0.25) is 0 Å². The van der Waals surface area contributed by atoms with E-state index >= 15 is 0 Å². The number of nitrogens with one attached hydrogen (secondary N) is 1. The molecular formula is C14H19N3. The molecule has 0 spiro atoms. The number of hydrogen-bond donors (Lipinski definition) is 2. The van der Waals surface area contributed by atoms with Crippen molar-refractivity contribution in [3.8, 4) is 0 Å². The zero-order valence-corrected chi connectivity index (χ0v) is 10.5. The van der Waals surface area contributed by atoms with E-state index in [1.165, 1.54) is 12.8 Å². The average Bonchev–Trinajstić information content (AvgIpc) is 2.30. The van der Waals surface area contributed by atoms with Crippen molar-refractivity contribution in [1.82, 2.24) is 4.98 Å². The van der Waals surface area contributed by atoms with E-state index in [-0.39, 0.29) is 0 Å². The fourth-order valence-electron chi connectivity index (χ4n) is 1.92. The molecule has 1 aromatic heterocycles. The van der Waals surface area contributed by atoms with Crippen molar-refractivity contribution in [2.24, 2.45) is 0 Å². The van der Waals surface area contributed by atoms with E-state index in [1.54, 1.807) is 0 Å². The molecule has 0 unspecified atom stereocenters.